The fourth-order valence-electron chi connectivity index (χ4n) is 8.26. The zero-order chi connectivity index (χ0) is 48.7. The second kappa shape index (κ2) is 40.9. The number of allylic oxidation sites excluding steroid dienone is 6. The third kappa shape index (κ3) is 28.6. The number of hydrogen-bond donors (Lipinski definition) is 7. The molecule has 2 heterocycles. The third-order valence-electron chi connectivity index (χ3n) is 12.6. The smallest absolute Gasteiger partial charge is 0.306 e. The lowest BCUT2D eigenvalue weighted by Crippen LogP contribution is -2.61. The Balaban J connectivity index is 1.75. The molecule has 2 saturated heterocycles. The van der Waals surface area contributed by atoms with Crippen LogP contribution in [-0.4, -0.2) is 142 Å². The van der Waals surface area contributed by atoms with Gasteiger partial charge in [0.1, 0.15) is 54.9 Å². The van der Waals surface area contributed by atoms with Crippen LogP contribution < -0.4 is 0 Å². The summed E-state index contributed by atoms with van der Waals surface area (Å²) in [5.74, 6) is -0.382. The number of unbranched alkanes of at least 4 members (excludes halogenated alkanes) is 22. The maximum atomic E-state index is 13.0. The first-order chi connectivity index (χ1) is 32.6. The van der Waals surface area contributed by atoms with Gasteiger partial charge in [-0.15, -0.1) is 0 Å². The first kappa shape index (κ1) is 61.3. The summed E-state index contributed by atoms with van der Waals surface area (Å²) in [6.45, 7) is 3.60. The van der Waals surface area contributed by atoms with Crippen LogP contribution in [0.1, 0.15) is 194 Å². The van der Waals surface area contributed by atoms with Crippen molar-refractivity contribution in [3.8, 4) is 0 Å². The van der Waals surface area contributed by atoms with Crippen LogP contribution in [0.2, 0.25) is 0 Å². The van der Waals surface area contributed by atoms with Crippen molar-refractivity contribution in [3.05, 3.63) is 36.5 Å². The van der Waals surface area contributed by atoms with Gasteiger partial charge in [0, 0.05) is 13.0 Å². The van der Waals surface area contributed by atoms with Gasteiger partial charge >= 0.3 is 5.97 Å². The molecular formula is C53H96O14. The fraction of sp³-hybridized carbons (Fsp3) is 0.868. The molecule has 11 unspecified atom stereocenters. The molecule has 0 saturated carbocycles. The molecule has 2 fully saturated rings. The molecule has 67 heavy (non-hydrogen) atoms. The van der Waals surface area contributed by atoms with E-state index in [0.717, 1.165) is 64.2 Å². The first-order valence-corrected chi connectivity index (χ1v) is 26.6. The normalized spacial score (nSPS) is 26.3. The SMILES string of the molecule is CCC/C=C\C/C=C\CCCCCCCCOCC(COC1OC(COC2OC(CO)C(O)C(O)C2O)C(O)C(O)C1O)OC(=O)CCCCCCCCCCC/C=C\CCCCCCCC. The predicted molar refractivity (Wildman–Crippen MR) is 261 cm³/mol. The molecule has 0 aromatic heterocycles. The molecule has 0 radical (unpaired) electrons. The summed E-state index contributed by atoms with van der Waals surface area (Å²) >= 11 is 0. The number of carbonyl (C=O) groups is 1. The summed E-state index contributed by atoms with van der Waals surface area (Å²) in [5, 5.41) is 72.1. The van der Waals surface area contributed by atoms with E-state index in [9.17, 15) is 40.5 Å². The van der Waals surface area contributed by atoms with Crippen LogP contribution in [0.3, 0.4) is 0 Å². The first-order valence-electron chi connectivity index (χ1n) is 26.6. The maximum Gasteiger partial charge on any atom is 0.306 e. The van der Waals surface area contributed by atoms with Crippen molar-refractivity contribution in [2.24, 2.45) is 0 Å². The van der Waals surface area contributed by atoms with Crippen LogP contribution in [0.5, 0.6) is 0 Å². The van der Waals surface area contributed by atoms with Crippen LogP contribution in [-0.2, 0) is 33.2 Å². The average Bonchev–Trinajstić information content (AvgIpc) is 3.32. The molecule has 2 rings (SSSR count). The summed E-state index contributed by atoms with van der Waals surface area (Å²) < 4.78 is 34.3. The van der Waals surface area contributed by atoms with E-state index in [2.05, 4.69) is 50.3 Å². The Morgan fingerprint density at radius 2 is 0.955 bits per heavy atom. The minimum absolute atomic E-state index is 0.0544. The number of aliphatic hydroxyl groups is 7. The number of hydrogen-bond acceptors (Lipinski definition) is 14. The molecule has 0 aromatic carbocycles. The average molecular weight is 957 g/mol. The van der Waals surface area contributed by atoms with Gasteiger partial charge in [-0.1, -0.05) is 159 Å². The maximum absolute atomic E-state index is 13.0. The van der Waals surface area contributed by atoms with Crippen molar-refractivity contribution < 1.29 is 69.0 Å². The molecular weight excluding hydrogens is 861 g/mol. The van der Waals surface area contributed by atoms with E-state index in [-0.39, 0.29) is 25.6 Å². The number of aliphatic hydroxyl groups excluding tert-OH is 7. The second-order valence-corrected chi connectivity index (χ2v) is 18.7. The minimum Gasteiger partial charge on any atom is -0.457 e. The van der Waals surface area contributed by atoms with Gasteiger partial charge in [-0.05, 0) is 64.2 Å². The largest absolute Gasteiger partial charge is 0.457 e. The topological polar surface area (TPSA) is 214 Å². The van der Waals surface area contributed by atoms with Crippen LogP contribution in [0.15, 0.2) is 36.5 Å². The lowest BCUT2D eigenvalue weighted by molar-refractivity contribution is -0.332. The van der Waals surface area contributed by atoms with Gasteiger partial charge in [0.25, 0.3) is 0 Å². The molecule has 0 aromatic rings. The van der Waals surface area contributed by atoms with E-state index in [1.54, 1.807) is 0 Å². The van der Waals surface area contributed by atoms with Crippen molar-refractivity contribution in [1.29, 1.82) is 0 Å². The minimum atomic E-state index is -1.71. The Labute approximate surface area is 404 Å². The van der Waals surface area contributed by atoms with E-state index < -0.39 is 80.7 Å². The zero-order valence-electron chi connectivity index (χ0n) is 41.6. The van der Waals surface area contributed by atoms with Gasteiger partial charge in [0.05, 0.1) is 26.4 Å². The molecule has 7 N–H and O–H groups in total. The molecule has 0 spiro atoms. The van der Waals surface area contributed by atoms with E-state index >= 15 is 0 Å². The monoisotopic (exact) mass is 957 g/mol. The lowest BCUT2D eigenvalue weighted by Gasteiger charge is -2.42. The molecule has 2 aliphatic heterocycles. The highest BCUT2D eigenvalue weighted by Gasteiger charge is 2.47. The predicted octanol–water partition coefficient (Wildman–Crippen LogP) is 8.19. The lowest BCUT2D eigenvalue weighted by atomic mass is 9.98. The Hall–Kier alpha value is -1.79. The van der Waals surface area contributed by atoms with Crippen molar-refractivity contribution in [1.82, 2.24) is 0 Å². The Kier molecular flexibility index (Phi) is 37.4. The summed E-state index contributed by atoms with van der Waals surface area (Å²) in [6.07, 6.45) is 29.2. The van der Waals surface area contributed by atoms with Crippen LogP contribution in [0.25, 0.3) is 0 Å². The van der Waals surface area contributed by atoms with Crippen molar-refractivity contribution in [2.75, 3.05) is 33.0 Å². The molecule has 0 bridgehead atoms. The molecule has 11 atom stereocenters. The van der Waals surface area contributed by atoms with Crippen LogP contribution >= 0.6 is 0 Å². The number of carbonyl (C=O) groups excluding carboxylic acids is 1. The van der Waals surface area contributed by atoms with Crippen LogP contribution in [0, 0.1) is 0 Å². The number of esters is 1. The Morgan fingerprint density at radius 1 is 0.493 bits per heavy atom. The third-order valence-corrected chi connectivity index (χ3v) is 12.6. The number of ether oxygens (including phenoxy) is 6. The number of rotatable bonds is 42. The van der Waals surface area contributed by atoms with Crippen molar-refractivity contribution in [3.63, 3.8) is 0 Å². The van der Waals surface area contributed by atoms with Crippen molar-refractivity contribution in [2.45, 2.75) is 261 Å². The summed E-state index contributed by atoms with van der Waals surface area (Å²) in [6, 6.07) is 0. The van der Waals surface area contributed by atoms with Gasteiger partial charge < -0.3 is 64.2 Å². The highest BCUT2D eigenvalue weighted by atomic mass is 16.7. The van der Waals surface area contributed by atoms with Crippen molar-refractivity contribution >= 4 is 5.97 Å². The molecule has 0 aliphatic carbocycles. The highest BCUT2D eigenvalue weighted by molar-refractivity contribution is 5.69. The van der Waals surface area contributed by atoms with Gasteiger partial charge in [0.2, 0.25) is 0 Å². The summed E-state index contributed by atoms with van der Waals surface area (Å²) in [5.41, 5.74) is 0. The van der Waals surface area contributed by atoms with E-state index in [1.807, 2.05) is 0 Å². The fourth-order valence-corrected chi connectivity index (χ4v) is 8.26. The Morgan fingerprint density at radius 3 is 1.51 bits per heavy atom. The van der Waals surface area contributed by atoms with Gasteiger partial charge in [-0.2, -0.15) is 0 Å². The standard InChI is InChI=1S/C53H96O14/c1-3-5-7-9-11-13-15-17-19-20-21-22-23-24-26-28-30-32-34-36-45(55)65-42(39-62-37-35-33-31-29-27-25-18-16-14-12-10-8-6-4-2)40-63-52-51(61)49(59)47(57)44(67-52)41-64-53-50(60)48(58)46(56)43(38-54)66-53/h8,10,14,16-17,19,42-44,46-54,56-61H,3-7,9,11-13,15,18,20-41H2,1-2H3/b10-8-,16-14-,19-17-. The molecule has 2 aliphatic rings. The second-order valence-electron chi connectivity index (χ2n) is 18.7. The van der Waals surface area contributed by atoms with Gasteiger partial charge in [-0.3, -0.25) is 4.79 Å². The molecule has 14 nitrogen and oxygen atoms in total. The van der Waals surface area contributed by atoms with E-state index in [0.29, 0.717) is 13.0 Å². The summed E-state index contributed by atoms with van der Waals surface area (Å²) in [4.78, 5) is 13.0. The highest BCUT2D eigenvalue weighted by Crippen LogP contribution is 2.26. The quantitative estimate of drug-likeness (QED) is 0.0175. The molecule has 14 heteroatoms. The summed E-state index contributed by atoms with van der Waals surface area (Å²) in [7, 11) is 0. The molecule has 0 amide bonds. The van der Waals surface area contributed by atoms with Crippen LogP contribution in [0.4, 0.5) is 0 Å². The molecule has 392 valence electrons. The van der Waals surface area contributed by atoms with Gasteiger partial charge in [-0.25, -0.2) is 0 Å². The van der Waals surface area contributed by atoms with E-state index in [1.165, 1.54) is 103 Å². The Bertz CT molecular complexity index is 1250. The van der Waals surface area contributed by atoms with Gasteiger partial charge in [0.15, 0.2) is 12.6 Å². The zero-order valence-corrected chi connectivity index (χ0v) is 41.6. The van der Waals surface area contributed by atoms with E-state index in [4.69, 9.17) is 28.4 Å².